The second-order valence-electron chi connectivity index (χ2n) is 4.93. The van der Waals surface area contributed by atoms with Gasteiger partial charge in [0.05, 0.1) is 12.8 Å². The molecular weight excluding hydrogens is 260 g/mol. The summed E-state index contributed by atoms with van der Waals surface area (Å²) in [5.41, 5.74) is 2.00. The number of nitrogens with zero attached hydrogens (tertiary/aromatic N) is 2. The van der Waals surface area contributed by atoms with Crippen LogP contribution in [0.15, 0.2) is 42.6 Å². The average molecular weight is 282 g/mol. The van der Waals surface area contributed by atoms with Crippen LogP contribution >= 0.6 is 0 Å². The van der Waals surface area contributed by atoms with Crippen molar-refractivity contribution in [2.75, 3.05) is 7.11 Å². The minimum absolute atomic E-state index is 0.764. The average Bonchev–Trinajstić information content (AvgIpc) is 2.55. The van der Waals surface area contributed by atoms with Gasteiger partial charge in [-0.15, -0.1) is 0 Å². The molecule has 1 heterocycles. The van der Waals surface area contributed by atoms with E-state index in [4.69, 9.17) is 4.74 Å². The maximum Gasteiger partial charge on any atom is 0.152 e. The summed E-state index contributed by atoms with van der Waals surface area (Å²) in [6.07, 6.45) is 10.8. The van der Waals surface area contributed by atoms with E-state index >= 15 is 0 Å². The summed E-state index contributed by atoms with van der Waals surface area (Å²) in [6, 6.07) is 9.83. The number of methoxy groups -OCH3 is 1. The van der Waals surface area contributed by atoms with Crippen LogP contribution < -0.4 is 4.74 Å². The first-order valence-electron chi connectivity index (χ1n) is 7.47. The smallest absolute Gasteiger partial charge is 0.152 e. The van der Waals surface area contributed by atoms with Crippen molar-refractivity contribution in [3.05, 3.63) is 48.4 Å². The molecule has 0 radical (unpaired) electrons. The molecule has 0 saturated carbocycles. The van der Waals surface area contributed by atoms with Gasteiger partial charge in [0, 0.05) is 11.8 Å². The lowest BCUT2D eigenvalue weighted by Gasteiger charge is -2.03. The van der Waals surface area contributed by atoms with Gasteiger partial charge in [0.25, 0.3) is 0 Å². The maximum atomic E-state index is 5.17. The Morgan fingerprint density at radius 2 is 1.90 bits per heavy atom. The van der Waals surface area contributed by atoms with Crippen LogP contribution in [0.1, 0.15) is 38.4 Å². The molecule has 0 aliphatic rings. The Morgan fingerprint density at radius 1 is 1.10 bits per heavy atom. The first kappa shape index (κ1) is 15.2. The topological polar surface area (TPSA) is 35.0 Å². The third-order valence-corrected chi connectivity index (χ3v) is 3.30. The molecule has 0 fully saturated rings. The Bertz CT molecular complexity index is 576. The Morgan fingerprint density at radius 3 is 2.62 bits per heavy atom. The second-order valence-corrected chi connectivity index (χ2v) is 4.93. The monoisotopic (exact) mass is 282 g/mol. The largest absolute Gasteiger partial charge is 0.497 e. The quantitative estimate of drug-likeness (QED) is 0.688. The van der Waals surface area contributed by atoms with E-state index in [-0.39, 0.29) is 0 Å². The molecule has 2 rings (SSSR count). The van der Waals surface area contributed by atoms with Crippen LogP contribution in [0, 0.1) is 0 Å². The fourth-order valence-electron chi connectivity index (χ4n) is 2.08. The fraction of sp³-hybridized carbons (Fsp3) is 0.333. The van der Waals surface area contributed by atoms with Crippen molar-refractivity contribution in [1.29, 1.82) is 0 Å². The molecule has 110 valence electrons. The lowest BCUT2D eigenvalue weighted by molar-refractivity contribution is 0.415. The lowest BCUT2D eigenvalue weighted by Crippen LogP contribution is -1.90. The van der Waals surface area contributed by atoms with Crippen LogP contribution in [0.4, 0.5) is 0 Å². The van der Waals surface area contributed by atoms with Gasteiger partial charge in [0.2, 0.25) is 0 Å². The number of hydrogen-bond acceptors (Lipinski definition) is 3. The summed E-state index contributed by atoms with van der Waals surface area (Å²) in [5.74, 6) is 1.61. The van der Waals surface area contributed by atoms with Gasteiger partial charge in [-0.3, -0.25) is 0 Å². The van der Waals surface area contributed by atoms with E-state index in [0.29, 0.717) is 0 Å². The lowest BCUT2D eigenvalue weighted by atomic mass is 10.1. The van der Waals surface area contributed by atoms with Crippen molar-refractivity contribution < 1.29 is 4.74 Å². The zero-order chi connectivity index (χ0) is 14.9. The second kappa shape index (κ2) is 8.20. The van der Waals surface area contributed by atoms with E-state index in [0.717, 1.165) is 29.3 Å². The minimum Gasteiger partial charge on any atom is -0.497 e. The van der Waals surface area contributed by atoms with Gasteiger partial charge in [0.1, 0.15) is 5.75 Å². The van der Waals surface area contributed by atoms with Crippen molar-refractivity contribution in [2.24, 2.45) is 0 Å². The SMILES string of the molecule is CCCCC/C=C/c1nccc(-c2ccc(OC)cc2)n1. The normalized spacial score (nSPS) is 11.0. The third kappa shape index (κ3) is 4.71. The predicted molar refractivity (Wildman–Crippen MR) is 87.2 cm³/mol. The van der Waals surface area contributed by atoms with Crippen molar-refractivity contribution >= 4 is 6.08 Å². The molecule has 0 unspecified atom stereocenters. The summed E-state index contributed by atoms with van der Waals surface area (Å²) in [5, 5.41) is 0. The molecule has 1 aromatic carbocycles. The maximum absolute atomic E-state index is 5.17. The van der Waals surface area contributed by atoms with Crippen LogP contribution in [-0.2, 0) is 0 Å². The molecule has 0 amide bonds. The Balaban J connectivity index is 2.06. The molecule has 0 aliphatic heterocycles. The van der Waals surface area contributed by atoms with E-state index in [2.05, 4.69) is 23.0 Å². The molecule has 0 spiro atoms. The summed E-state index contributed by atoms with van der Waals surface area (Å²) < 4.78 is 5.17. The van der Waals surface area contributed by atoms with E-state index in [1.807, 2.05) is 36.4 Å². The molecule has 0 bridgehead atoms. The van der Waals surface area contributed by atoms with Crippen molar-refractivity contribution in [3.63, 3.8) is 0 Å². The number of benzene rings is 1. The van der Waals surface area contributed by atoms with Crippen LogP contribution in [0.3, 0.4) is 0 Å². The van der Waals surface area contributed by atoms with E-state index in [1.54, 1.807) is 13.3 Å². The number of hydrogen-bond donors (Lipinski definition) is 0. The standard InChI is InChI=1S/C18H22N2O/c1-3-4-5-6-7-8-18-19-14-13-17(20-18)15-9-11-16(21-2)12-10-15/h7-14H,3-6H2,1-2H3/b8-7+. The Labute approximate surface area is 126 Å². The summed E-state index contributed by atoms with van der Waals surface area (Å²) in [4.78, 5) is 8.87. The Kier molecular flexibility index (Phi) is 5.95. The molecular formula is C18H22N2O. The number of rotatable bonds is 7. The first-order chi connectivity index (χ1) is 10.3. The van der Waals surface area contributed by atoms with Gasteiger partial charge in [0.15, 0.2) is 5.82 Å². The highest BCUT2D eigenvalue weighted by atomic mass is 16.5. The van der Waals surface area contributed by atoms with Gasteiger partial charge in [-0.25, -0.2) is 9.97 Å². The van der Waals surface area contributed by atoms with E-state index in [1.165, 1.54) is 19.3 Å². The van der Waals surface area contributed by atoms with Gasteiger partial charge in [-0.1, -0.05) is 25.8 Å². The molecule has 0 saturated heterocycles. The summed E-state index contributed by atoms with van der Waals surface area (Å²) in [6.45, 7) is 2.21. The van der Waals surface area contributed by atoms with Crippen LogP contribution in [0.2, 0.25) is 0 Å². The Hall–Kier alpha value is -2.16. The molecule has 0 aliphatic carbocycles. The predicted octanol–water partition coefficient (Wildman–Crippen LogP) is 4.75. The van der Waals surface area contributed by atoms with Crippen molar-refractivity contribution in [3.8, 4) is 17.0 Å². The fourth-order valence-corrected chi connectivity index (χ4v) is 2.08. The number of unbranched alkanes of at least 4 members (excludes halogenated alkanes) is 3. The van der Waals surface area contributed by atoms with Crippen LogP contribution in [0.25, 0.3) is 17.3 Å². The highest BCUT2D eigenvalue weighted by Gasteiger charge is 2.01. The van der Waals surface area contributed by atoms with E-state index < -0.39 is 0 Å². The van der Waals surface area contributed by atoms with Gasteiger partial charge in [-0.05, 0) is 49.2 Å². The van der Waals surface area contributed by atoms with Gasteiger partial charge >= 0.3 is 0 Å². The number of ether oxygens (including phenoxy) is 1. The zero-order valence-corrected chi connectivity index (χ0v) is 12.7. The van der Waals surface area contributed by atoms with Crippen LogP contribution in [-0.4, -0.2) is 17.1 Å². The number of allylic oxidation sites excluding steroid dienone is 1. The number of aromatic nitrogens is 2. The van der Waals surface area contributed by atoms with Crippen LogP contribution in [0.5, 0.6) is 5.75 Å². The summed E-state index contributed by atoms with van der Waals surface area (Å²) in [7, 11) is 1.67. The van der Waals surface area contributed by atoms with Crippen molar-refractivity contribution in [1.82, 2.24) is 9.97 Å². The molecule has 3 heteroatoms. The highest BCUT2D eigenvalue weighted by molar-refractivity contribution is 5.60. The first-order valence-corrected chi connectivity index (χ1v) is 7.47. The third-order valence-electron chi connectivity index (χ3n) is 3.30. The molecule has 21 heavy (non-hydrogen) atoms. The molecule has 3 nitrogen and oxygen atoms in total. The van der Waals surface area contributed by atoms with E-state index in [9.17, 15) is 0 Å². The molecule has 2 aromatic rings. The minimum atomic E-state index is 0.764. The van der Waals surface area contributed by atoms with Crippen molar-refractivity contribution in [2.45, 2.75) is 32.6 Å². The van der Waals surface area contributed by atoms with Gasteiger partial charge in [-0.2, -0.15) is 0 Å². The summed E-state index contributed by atoms with van der Waals surface area (Å²) >= 11 is 0. The zero-order valence-electron chi connectivity index (χ0n) is 12.7. The molecule has 0 N–H and O–H groups in total. The molecule has 0 atom stereocenters. The molecule has 1 aromatic heterocycles. The highest BCUT2D eigenvalue weighted by Crippen LogP contribution is 2.20. The van der Waals surface area contributed by atoms with Gasteiger partial charge < -0.3 is 4.74 Å².